The van der Waals surface area contributed by atoms with E-state index in [1.807, 2.05) is 49.4 Å². The number of nitrogens with zero attached hydrogens (tertiary/aromatic N) is 2. The molecule has 7 heteroatoms. The Balaban J connectivity index is 1.50. The number of nitrogens with two attached hydrogens (primary N) is 1. The van der Waals surface area contributed by atoms with Crippen molar-refractivity contribution in [3.05, 3.63) is 59.7 Å². The van der Waals surface area contributed by atoms with Gasteiger partial charge < -0.3 is 20.1 Å². The number of carbonyl (C=O) groups excluding carboxylic acids is 2. The van der Waals surface area contributed by atoms with Gasteiger partial charge in [-0.1, -0.05) is 30.3 Å². The third kappa shape index (κ3) is 3.29. The van der Waals surface area contributed by atoms with Crippen LogP contribution in [-0.2, 0) is 20.9 Å². The minimum absolute atomic E-state index is 0.0413. The van der Waals surface area contributed by atoms with Gasteiger partial charge >= 0.3 is 6.09 Å². The summed E-state index contributed by atoms with van der Waals surface area (Å²) in [6.07, 6.45) is -0.492. The van der Waals surface area contributed by atoms with Crippen LogP contribution in [0.1, 0.15) is 11.1 Å². The fraction of sp³-hybridized carbons (Fsp3) is 0.333. The van der Waals surface area contributed by atoms with Gasteiger partial charge in [0.2, 0.25) is 5.91 Å². The molecule has 0 aliphatic carbocycles. The number of anilines is 2. The van der Waals surface area contributed by atoms with Crippen LogP contribution in [0.5, 0.6) is 0 Å². The summed E-state index contributed by atoms with van der Waals surface area (Å²) < 4.78 is 10.9. The molecule has 0 bridgehead atoms. The van der Waals surface area contributed by atoms with Crippen LogP contribution in [0.25, 0.3) is 0 Å². The molecule has 2 aromatic rings. The quantitative estimate of drug-likeness (QED) is 0.825. The minimum atomic E-state index is -0.559. The molecule has 0 atom stereocenters. The largest absolute Gasteiger partial charge is 0.445 e. The molecule has 2 heterocycles. The molecular formula is C21H23N3O4. The van der Waals surface area contributed by atoms with E-state index < -0.39 is 11.6 Å². The Bertz CT molecular complexity index is 896. The van der Waals surface area contributed by atoms with E-state index in [2.05, 4.69) is 0 Å². The number of hydrogen-bond acceptors (Lipinski definition) is 5. The van der Waals surface area contributed by atoms with Crippen LogP contribution in [0.3, 0.4) is 0 Å². The zero-order valence-electron chi connectivity index (χ0n) is 15.8. The number of aryl methyl sites for hydroxylation is 1. The number of hydrogen-bond donors (Lipinski definition) is 1. The molecule has 2 saturated heterocycles. The van der Waals surface area contributed by atoms with E-state index in [4.69, 9.17) is 15.2 Å². The zero-order chi connectivity index (χ0) is 19.7. The van der Waals surface area contributed by atoms with Crippen molar-refractivity contribution in [2.45, 2.75) is 19.1 Å². The summed E-state index contributed by atoms with van der Waals surface area (Å²) in [5.41, 5.74) is 8.61. The highest BCUT2D eigenvalue weighted by Crippen LogP contribution is 2.34. The summed E-state index contributed by atoms with van der Waals surface area (Å²) in [6.45, 7) is 3.16. The Hall–Kier alpha value is -3.06. The zero-order valence-corrected chi connectivity index (χ0v) is 15.8. The standard InChI is InChI=1S/C21H23N3O4/c1-15-9-17(7-8-18(15)22)23-12-21(13-27-14-21)24(10-19(23)25)20(26)28-11-16-5-3-2-4-6-16/h2-9H,10-14,22H2,1H3. The first kappa shape index (κ1) is 18.3. The number of amides is 2. The predicted octanol–water partition coefficient (Wildman–Crippen LogP) is 2.33. The topological polar surface area (TPSA) is 85.1 Å². The molecule has 0 unspecified atom stereocenters. The molecule has 146 valence electrons. The number of carbonyl (C=O) groups is 2. The van der Waals surface area contributed by atoms with Crippen LogP contribution in [0, 0.1) is 6.92 Å². The second-order valence-electron chi connectivity index (χ2n) is 7.36. The first-order valence-electron chi connectivity index (χ1n) is 9.21. The molecule has 1 spiro atoms. The first-order chi connectivity index (χ1) is 13.5. The lowest BCUT2D eigenvalue weighted by molar-refractivity contribution is -0.150. The number of rotatable bonds is 3. The summed E-state index contributed by atoms with van der Waals surface area (Å²) in [4.78, 5) is 28.8. The smallest absolute Gasteiger partial charge is 0.411 e. The fourth-order valence-corrected chi connectivity index (χ4v) is 3.56. The lowest BCUT2D eigenvalue weighted by atomic mass is 9.91. The second-order valence-corrected chi connectivity index (χ2v) is 7.36. The molecule has 2 amide bonds. The third-order valence-electron chi connectivity index (χ3n) is 5.35. The van der Waals surface area contributed by atoms with Crippen molar-refractivity contribution >= 4 is 23.4 Å². The van der Waals surface area contributed by atoms with Gasteiger partial charge in [-0.25, -0.2) is 4.79 Å². The van der Waals surface area contributed by atoms with Gasteiger partial charge in [-0.05, 0) is 36.2 Å². The van der Waals surface area contributed by atoms with E-state index in [1.165, 1.54) is 4.90 Å². The monoisotopic (exact) mass is 381 g/mol. The maximum absolute atomic E-state index is 12.8. The summed E-state index contributed by atoms with van der Waals surface area (Å²) >= 11 is 0. The van der Waals surface area contributed by atoms with Crippen molar-refractivity contribution in [3.63, 3.8) is 0 Å². The van der Waals surface area contributed by atoms with Gasteiger partial charge in [0.15, 0.2) is 0 Å². The van der Waals surface area contributed by atoms with Crippen molar-refractivity contribution in [1.82, 2.24) is 4.90 Å². The van der Waals surface area contributed by atoms with Crippen LogP contribution >= 0.6 is 0 Å². The van der Waals surface area contributed by atoms with Crippen molar-refractivity contribution in [2.24, 2.45) is 0 Å². The summed E-state index contributed by atoms with van der Waals surface area (Å²) in [7, 11) is 0. The molecule has 4 rings (SSSR count). The molecule has 28 heavy (non-hydrogen) atoms. The van der Waals surface area contributed by atoms with E-state index in [9.17, 15) is 9.59 Å². The SMILES string of the molecule is Cc1cc(N2CC3(COC3)N(C(=O)OCc3ccccc3)CC2=O)ccc1N. The lowest BCUT2D eigenvalue weighted by Gasteiger charge is -2.53. The fourth-order valence-electron chi connectivity index (χ4n) is 3.56. The highest BCUT2D eigenvalue weighted by atomic mass is 16.6. The van der Waals surface area contributed by atoms with E-state index in [1.54, 1.807) is 11.0 Å². The van der Waals surface area contributed by atoms with Gasteiger partial charge in [0.05, 0.1) is 19.8 Å². The van der Waals surface area contributed by atoms with Crippen LogP contribution in [0.15, 0.2) is 48.5 Å². The second kappa shape index (κ2) is 7.16. The Morgan fingerprint density at radius 2 is 1.96 bits per heavy atom. The van der Waals surface area contributed by atoms with Gasteiger partial charge in [0, 0.05) is 11.4 Å². The molecule has 2 aliphatic heterocycles. The Morgan fingerprint density at radius 1 is 1.21 bits per heavy atom. The highest BCUT2D eigenvalue weighted by molar-refractivity contribution is 5.98. The first-order valence-corrected chi connectivity index (χ1v) is 9.21. The Morgan fingerprint density at radius 3 is 2.61 bits per heavy atom. The Kier molecular flexibility index (Phi) is 4.68. The average Bonchev–Trinajstić information content (AvgIpc) is 2.67. The van der Waals surface area contributed by atoms with Gasteiger partial charge in [0.1, 0.15) is 18.7 Å². The maximum Gasteiger partial charge on any atom is 0.411 e. The van der Waals surface area contributed by atoms with Crippen LogP contribution < -0.4 is 10.6 Å². The van der Waals surface area contributed by atoms with Crippen molar-refractivity contribution in [3.8, 4) is 0 Å². The van der Waals surface area contributed by atoms with Crippen LogP contribution in [0.2, 0.25) is 0 Å². The normalized spacial score (nSPS) is 18.1. The van der Waals surface area contributed by atoms with Crippen molar-refractivity contribution in [1.29, 1.82) is 0 Å². The molecule has 2 N–H and O–H groups in total. The minimum Gasteiger partial charge on any atom is -0.445 e. The number of benzene rings is 2. The van der Waals surface area contributed by atoms with Gasteiger partial charge in [-0.2, -0.15) is 0 Å². The highest BCUT2D eigenvalue weighted by Gasteiger charge is 2.53. The number of ether oxygens (including phenoxy) is 2. The number of piperazine rings is 1. The third-order valence-corrected chi connectivity index (χ3v) is 5.35. The molecule has 0 radical (unpaired) electrons. The molecular weight excluding hydrogens is 358 g/mol. The number of nitrogen functional groups attached to an aromatic ring is 1. The van der Waals surface area contributed by atoms with E-state index in [0.717, 1.165) is 16.8 Å². The molecule has 2 aromatic carbocycles. The Labute approximate surface area is 163 Å². The van der Waals surface area contributed by atoms with Gasteiger partial charge in [0.25, 0.3) is 0 Å². The lowest BCUT2D eigenvalue weighted by Crippen LogP contribution is -2.74. The summed E-state index contributed by atoms with van der Waals surface area (Å²) in [6, 6.07) is 15.0. The van der Waals surface area contributed by atoms with Crippen molar-refractivity contribution in [2.75, 3.05) is 36.9 Å². The molecule has 0 aromatic heterocycles. The average molecular weight is 381 g/mol. The molecule has 2 fully saturated rings. The van der Waals surface area contributed by atoms with Crippen LogP contribution in [0.4, 0.5) is 16.2 Å². The summed E-state index contributed by atoms with van der Waals surface area (Å²) in [5, 5.41) is 0. The summed E-state index contributed by atoms with van der Waals surface area (Å²) in [5.74, 6) is -0.154. The maximum atomic E-state index is 12.8. The molecule has 7 nitrogen and oxygen atoms in total. The van der Waals surface area contributed by atoms with E-state index >= 15 is 0 Å². The van der Waals surface area contributed by atoms with E-state index in [0.29, 0.717) is 25.4 Å². The van der Waals surface area contributed by atoms with Gasteiger partial charge in [-0.3, -0.25) is 9.69 Å². The van der Waals surface area contributed by atoms with E-state index in [-0.39, 0.29) is 19.1 Å². The van der Waals surface area contributed by atoms with Crippen molar-refractivity contribution < 1.29 is 19.1 Å². The van der Waals surface area contributed by atoms with Crippen LogP contribution in [-0.4, -0.2) is 48.7 Å². The molecule has 2 aliphatic rings. The predicted molar refractivity (Wildman–Crippen MR) is 105 cm³/mol. The molecule has 0 saturated carbocycles. The van der Waals surface area contributed by atoms with Gasteiger partial charge in [-0.15, -0.1) is 0 Å².